The predicted molar refractivity (Wildman–Crippen MR) is 21.1 cm³/mol. The summed E-state index contributed by atoms with van der Waals surface area (Å²) in [5, 5.41) is 0. The molecule has 0 aromatic rings. The van der Waals surface area contributed by atoms with Crippen LogP contribution in [0.2, 0.25) is 0 Å². The van der Waals surface area contributed by atoms with E-state index in [1.807, 2.05) is 0 Å². The standard InChI is InChI=1S/H2O4S.P/c1-5(2,3)4;/h(H2,1,2,3,4);. The zero-order valence-electron chi connectivity index (χ0n) is 2.57. The Morgan fingerprint density at radius 1 is 1.17 bits per heavy atom. The van der Waals surface area contributed by atoms with E-state index in [-0.39, 0.29) is 9.90 Å². The largest absolute Gasteiger partial charge is 0.394 e. The third-order valence-electron chi connectivity index (χ3n) is 0. The number of rotatable bonds is 0. The summed E-state index contributed by atoms with van der Waals surface area (Å²) in [6.45, 7) is 0. The lowest BCUT2D eigenvalue weighted by atomic mass is 15.8. The zero-order chi connectivity index (χ0) is 4.50. The van der Waals surface area contributed by atoms with E-state index in [0.29, 0.717) is 0 Å². The van der Waals surface area contributed by atoms with Crippen LogP contribution < -0.4 is 0 Å². The molecule has 3 radical (unpaired) electrons. The van der Waals surface area contributed by atoms with Gasteiger partial charge in [0.25, 0.3) is 0 Å². The monoisotopic (exact) mass is 129 g/mol. The lowest BCUT2D eigenvalue weighted by Gasteiger charge is -1.68. The Hall–Kier alpha value is 0.300. The van der Waals surface area contributed by atoms with E-state index in [9.17, 15) is 0 Å². The molecule has 0 aromatic carbocycles. The second-order valence-corrected chi connectivity index (χ2v) is 1.34. The first kappa shape index (κ1) is 9.57. The van der Waals surface area contributed by atoms with Crippen LogP contribution in [0, 0.1) is 0 Å². The molecule has 6 heteroatoms. The summed E-state index contributed by atoms with van der Waals surface area (Å²) in [5.74, 6) is 0. The van der Waals surface area contributed by atoms with Crippen LogP contribution in [0.1, 0.15) is 0 Å². The molecule has 0 saturated heterocycles. The topological polar surface area (TPSA) is 74.6 Å². The van der Waals surface area contributed by atoms with Crippen molar-refractivity contribution in [2.45, 2.75) is 0 Å². The molecule has 0 aliphatic carbocycles. The summed E-state index contributed by atoms with van der Waals surface area (Å²) < 4.78 is 31.6. The summed E-state index contributed by atoms with van der Waals surface area (Å²) in [7, 11) is -4.67. The molecule has 0 aliphatic rings. The van der Waals surface area contributed by atoms with Crippen LogP contribution in [0.15, 0.2) is 0 Å². The average molecular weight is 129 g/mol. The Balaban J connectivity index is 0. The van der Waals surface area contributed by atoms with Gasteiger partial charge < -0.3 is 0 Å². The number of hydrogen-bond acceptors (Lipinski definition) is 2. The maximum absolute atomic E-state index is 8.74. The minimum absolute atomic E-state index is 0. The summed E-state index contributed by atoms with van der Waals surface area (Å²) in [6.07, 6.45) is 0. The van der Waals surface area contributed by atoms with Gasteiger partial charge in [0.2, 0.25) is 0 Å². The fraction of sp³-hybridized carbons (Fsp3) is 0. The van der Waals surface area contributed by atoms with Gasteiger partial charge in [-0.25, -0.2) is 0 Å². The molecule has 4 nitrogen and oxygen atoms in total. The maximum Gasteiger partial charge on any atom is 0.394 e. The fourth-order valence-corrected chi connectivity index (χ4v) is 0. The Morgan fingerprint density at radius 3 is 1.17 bits per heavy atom. The van der Waals surface area contributed by atoms with Crippen molar-refractivity contribution in [3.05, 3.63) is 0 Å². The van der Waals surface area contributed by atoms with Crippen LogP contribution in [0.3, 0.4) is 0 Å². The van der Waals surface area contributed by atoms with Crippen molar-refractivity contribution < 1.29 is 17.5 Å². The van der Waals surface area contributed by atoms with Crippen molar-refractivity contribution in [1.29, 1.82) is 0 Å². The van der Waals surface area contributed by atoms with Gasteiger partial charge in [-0.1, -0.05) is 0 Å². The van der Waals surface area contributed by atoms with Crippen molar-refractivity contribution >= 4 is 20.3 Å². The van der Waals surface area contributed by atoms with Crippen LogP contribution in [0.4, 0.5) is 0 Å². The molecule has 0 saturated carbocycles. The molecular weight excluding hydrogens is 127 g/mol. The van der Waals surface area contributed by atoms with Crippen molar-refractivity contribution in [3.63, 3.8) is 0 Å². The quantitative estimate of drug-likeness (QED) is 0.362. The van der Waals surface area contributed by atoms with Crippen LogP contribution in [0.5, 0.6) is 0 Å². The molecule has 0 aromatic heterocycles. The van der Waals surface area contributed by atoms with Gasteiger partial charge in [0, 0.05) is 9.90 Å². The van der Waals surface area contributed by atoms with Gasteiger partial charge in [-0.05, 0) is 0 Å². The van der Waals surface area contributed by atoms with Crippen LogP contribution in [-0.4, -0.2) is 17.5 Å². The van der Waals surface area contributed by atoms with Gasteiger partial charge >= 0.3 is 10.4 Å². The second-order valence-electron chi connectivity index (χ2n) is 0.448. The lowest BCUT2D eigenvalue weighted by molar-refractivity contribution is 0.381. The van der Waals surface area contributed by atoms with E-state index >= 15 is 0 Å². The summed E-state index contributed by atoms with van der Waals surface area (Å²) >= 11 is 0. The van der Waals surface area contributed by atoms with Gasteiger partial charge in [-0.2, -0.15) is 8.42 Å². The van der Waals surface area contributed by atoms with E-state index in [2.05, 4.69) is 0 Å². The van der Waals surface area contributed by atoms with Gasteiger partial charge in [-0.3, -0.25) is 9.11 Å². The van der Waals surface area contributed by atoms with E-state index in [1.165, 1.54) is 0 Å². The molecule has 0 bridgehead atoms. The van der Waals surface area contributed by atoms with Gasteiger partial charge in [0.05, 0.1) is 0 Å². The van der Waals surface area contributed by atoms with Crippen LogP contribution in [0.25, 0.3) is 0 Å². The van der Waals surface area contributed by atoms with E-state index in [1.54, 1.807) is 0 Å². The second kappa shape index (κ2) is 2.47. The van der Waals surface area contributed by atoms with Crippen LogP contribution in [-0.2, 0) is 10.4 Å². The van der Waals surface area contributed by atoms with Crippen molar-refractivity contribution in [3.8, 4) is 0 Å². The third-order valence-corrected chi connectivity index (χ3v) is 0. The molecule has 37 valence electrons. The first-order valence-corrected chi connectivity index (χ1v) is 2.10. The van der Waals surface area contributed by atoms with E-state index < -0.39 is 10.4 Å². The van der Waals surface area contributed by atoms with E-state index in [0.717, 1.165) is 0 Å². The normalized spacial score (nSPS) is 9.67. The maximum atomic E-state index is 8.74. The number of hydrogen-bond donors (Lipinski definition) is 2. The molecule has 6 heavy (non-hydrogen) atoms. The molecule has 0 atom stereocenters. The SMILES string of the molecule is O=S(=O)(O)O.[P]. The average Bonchev–Trinajstić information content (AvgIpc) is 0.722. The Labute approximate surface area is 38.8 Å². The zero-order valence-corrected chi connectivity index (χ0v) is 4.28. The molecular formula is H2O4PS. The highest BCUT2D eigenvalue weighted by Gasteiger charge is 1.84. The lowest BCUT2D eigenvalue weighted by Crippen LogP contribution is -1.89. The molecule has 0 rings (SSSR count). The fourth-order valence-electron chi connectivity index (χ4n) is 0. The highest BCUT2D eigenvalue weighted by atomic mass is 32.3. The van der Waals surface area contributed by atoms with Gasteiger partial charge in [0.15, 0.2) is 0 Å². The Kier molecular flexibility index (Phi) is 3.94. The molecule has 2 N–H and O–H groups in total. The van der Waals surface area contributed by atoms with Crippen LogP contribution >= 0.6 is 9.90 Å². The van der Waals surface area contributed by atoms with Gasteiger partial charge in [0.1, 0.15) is 0 Å². The summed E-state index contributed by atoms with van der Waals surface area (Å²) in [4.78, 5) is 0. The molecule has 0 spiro atoms. The molecule has 0 unspecified atom stereocenters. The third kappa shape index (κ3) is 520. The molecule has 0 fully saturated rings. The molecule has 0 heterocycles. The highest BCUT2D eigenvalue weighted by Crippen LogP contribution is 1.59. The molecule has 0 aliphatic heterocycles. The highest BCUT2D eigenvalue weighted by molar-refractivity contribution is 7.79. The minimum atomic E-state index is -4.67. The summed E-state index contributed by atoms with van der Waals surface area (Å²) in [6, 6.07) is 0. The van der Waals surface area contributed by atoms with E-state index in [4.69, 9.17) is 17.5 Å². The van der Waals surface area contributed by atoms with Crippen molar-refractivity contribution in [1.82, 2.24) is 0 Å². The minimum Gasteiger partial charge on any atom is -0.264 e. The Bertz CT molecular complexity index is 90.7. The van der Waals surface area contributed by atoms with Crippen molar-refractivity contribution in [2.75, 3.05) is 0 Å². The first-order chi connectivity index (χ1) is 2.00. The first-order valence-electron chi connectivity index (χ1n) is 0.698. The van der Waals surface area contributed by atoms with Gasteiger partial charge in [-0.15, -0.1) is 0 Å². The summed E-state index contributed by atoms with van der Waals surface area (Å²) in [5.41, 5.74) is 0. The predicted octanol–water partition coefficient (Wildman–Crippen LogP) is 0.208. The Morgan fingerprint density at radius 2 is 1.17 bits per heavy atom. The molecule has 0 amide bonds. The smallest absolute Gasteiger partial charge is 0.264 e. The van der Waals surface area contributed by atoms with Crippen molar-refractivity contribution in [2.24, 2.45) is 0 Å².